The molecule has 0 spiro atoms. The number of nitrogens with one attached hydrogen (secondary N) is 1. The highest BCUT2D eigenvalue weighted by Crippen LogP contribution is 2.28. The van der Waals surface area contributed by atoms with E-state index in [0.29, 0.717) is 29.6 Å². The Labute approximate surface area is 129 Å². The molecule has 0 unspecified atom stereocenters. The third-order valence-electron chi connectivity index (χ3n) is 4.19. The van der Waals surface area contributed by atoms with Crippen LogP contribution in [0.2, 0.25) is 0 Å². The first-order chi connectivity index (χ1) is 10.4. The van der Waals surface area contributed by atoms with Crippen LogP contribution in [0.4, 0.5) is 5.95 Å². The van der Waals surface area contributed by atoms with Crippen molar-refractivity contribution < 1.29 is 5.11 Å². The van der Waals surface area contributed by atoms with E-state index in [2.05, 4.69) is 15.1 Å². The van der Waals surface area contributed by atoms with Crippen LogP contribution in [0.1, 0.15) is 40.0 Å². The first-order valence-electron chi connectivity index (χ1n) is 7.78. The molecule has 120 valence electrons. The number of hydrogen-bond donors (Lipinski definition) is 2. The van der Waals surface area contributed by atoms with Crippen LogP contribution in [-0.2, 0) is 5.54 Å². The fourth-order valence-corrected chi connectivity index (χ4v) is 2.80. The Hall–Kier alpha value is -1.89. The molecule has 2 N–H and O–H groups in total. The van der Waals surface area contributed by atoms with E-state index in [1.54, 1.807) is 10.9 Å². The quantitative estimate of drug-likeness (QED) is 0.887. The fraction of sp³-hybridized carbons (Fsp3) is 0.667. The first-order valence-corrected chi connectivity index (χ1v) is 7.78. The molecule has 7 heteroatoms. The highest BCUT2D eigenvalue weighted by molar-refractivity contribution is 5.74. The number of aliphatic hydroxyl groups excluding tert-OH is 1. The van der Waals surface area contributed by atoms with Gasteiger partial charge in [0.15, 0.2) is 5.65 Å². The number of H-pyrrole nitrogens is 1. The normalized spacial score (nSPS) is 16.0. The van der Waals surface area contributed by atoms with Gasteiger partial charge in [-0.1, -0.05) is 0 Å². The second kappa shape index (κ2) is 5.39. The van der Waals surface area contributed by atoms with Gasteiger partial charge < -0.3 is 10.0 Å². The van der Waals surface area contributed by atoms with E-state index in [1.807, 2.05) is 25.7 Å². The molecule has 0 aliphatic heterocycles. The summed E-state index contributed by atoms with van der Waals surface area (Å²) < 4.78 is 1.78. The predicted octanol–water partition coefficient (Wildman–Crippen LogP) is 1.23. The summed E-state index contributed by atoms with van der Waals surface area (Å²) in [6.45, 7) is 6.60. The molecule has 2 heterocycles. The van der Waals surface area contributed by atoms with Crippen LogP contribution < -0.4 is 10.5 Å². The highest BCUT2D eigenvalue weighted by Gasteiger charge is 2.28. The Balaban J connectivity index is 2.11. The van der Waals surface area contributed by atoms with Gasteiger partial charge in [0.2, 0.25) is 5.95 Å². The van der Waals surface area contributed by atoms with Gasteiger partial charge in [0.05, 0.1) is 18.3 Å². The number of aliphatic hydroxyl groups is 1. The van der Waals surface area contributed by atoms with Crippen LogP contribution in [0, 0.1) is 0 Å². The molecular weight excluding hydrogens is 282 g/mol. The summed E-state index contributed by atoms with van der Waals surface area (Å²) in [5, 5.41) is 14.1. The van der Waals surface area contributed by atoms with E-state index in [9.17, 15) is 9.90 Å². The SMILES string of the molecule is CC(C)(C)n1ncc2c(=O)[nH]c(N(CCO)C3CCC3)nc21. The van der Waals surface area contributed by atoms with Crippen molar-refractivity contribution in [2.75, 3.05) is 18.1 Å². The molecule has 3 rings (SSSR count). The number of nitrogens with zero attached hydrogens (tertiary/aromatic N) is 4. The van der Waals surface area contributed by atoms with Crippen LogP contribution in [0.3, 0.4) is 0 Å². The van der Waals surface area contributed by atoms with Crippen molar-refractivity contribution in [2.24, 2.45) is 0 Å². The van der Waals surface area contributed by atoms with Crippen molar-refractivity contribution in [1.82, 2.24) is 19.7 Å². The molecule has 1 fully saturated rings. The van der Waals surface area contributed by atoms with Crippen molar-refractivity contribution in [2.45, 2.75) is 51.6 Å². The van der Waals surface area contributed by atoms with Crippen LogP contribution in [0.15, 0.2) is 11.0 Å². The summed E-state index contributed by atoms with van der Waals surface area (Å²) >= 11 is 0. The highest BCUT2D eigenvalue weighted by atomic mass is 16.3. The molecule has 0 radical (unpaired) electrons. The van der Waals surface area contributed by atoms with Crippen molar-refractivity contribution >= 4 is 17.0 Å². The molecule has 1 aliphatic carbocycles. The van der Waals surface area contributed by atoms with Gasteiger partial charge in [-0.25, -0.2) is 4.68 Å². The molecule has 1 aliphatic rings. The Morgan fingerprint density at radius 2 is 2.18 bits per heavy atom. The molecule has 0 aromatic carbocycles. The van der Waals surface area contributed by atoms with E-state index >= 15 is 0 Å². The first kappa shape index (κ1) is 15.0. The smallest absolute Gasteiger partial charge is 0.263 e. The zero-order chi connectivity index (χ0) is 15.9. The minimum atomic E-state index is -0.252. The standard InChI is InChI=1S/C15H23N5O2/c1-15(2,3)20-12-11(9-16-20)13(22)18-14(17-12)19(7-8-21)10-5-4-6-10/h9-10,21H,4-8H2,1-3H3,(H,17,18,22). The zero-order valence-electron chi connectivity index (χ0n) is 13.3. The number of fused-ring (bicyclic) bond motifs is 1. The van der Waals surface area contributed by atoms with Crippen molar-refractivity contribution in [3.63, 3.8) is 0 Å². The van der Waals surface area contributed by atoms with Gasteiger partial charge in [0, 0.05) is 12.6 Å². The van der Waals surface area contributed by atoms with Gasteiger partial charge in [-0.15, -0.1) is 0 Å². The second-order valence-electron chi connectivity index (χ2n) is 6.86. The maximum absolute atomic E-state index is 12.3. The topological polar surface area (TPSA) is 87.0 Å². The van der Waals surface area contributed by atoms with Gasteiger partial charge in [0.1, 0.15) is 5.39 Å². The minimum Gasteiger partial charge on any atom is -0.395 e. The minimum absolute atomic E-state index is 0.0385. The molecule has 2 aromatic rings. The molecular formula is C15H23N5O2. The second-order valence-corrected chi connectivity index (χ2v) is 6.86. The van der Waals surface area contributed by atoms with Crippen LogP contribution in [0.5, 0.6) is 0 Å². The number of aromatic amines is 1. The van der Waals surface area contributed by atoms with Gasteiger partial charge in [-0.2, -0.15) is 10.1 Å². The van der Waals surface area contributed by atoms with E-state index < -0.39 is 0 Å². The lowest BCUT2D eigenvalue weighted by Gasteiger charge is -2.37. The number of anilines is 1. The largest absolute Gasteiger partial charge is 0.395 e. The zero-order valence-corrected chi connectivity index (χ0v) is 13.3. The van der Waals surface area contributed by atoms with Crippen LogP contribution >= 0.6 is 0 Å². The third kappa shape index (κ3) is 2.49. The summed E-state index contributed by atoms with van der Waals surface area (Å²) in [5.41, 5.74) is 0.157. The number of hydrogen-bond acceptors (Lipinski definition) is 5. The Bertz CT molecular complexity index is 724. The third-order valence-corrected chi connectivity index (χ3v) is 4.19. The number of aromatic nitrogens is 4. The fourth-order valence-electron chi connectivity index (χ4n) is 2.80. The molecule has 0 atom stereocenters. The van der Waals surface area contributed by atoms with E-state index in [1.165, 1.54) is 6.42 Å². The summed E-state index contributed by atoms with van der Waals surface area (Å²) in [4.78, 5) is 21.8. The molecule has 1 saturated carbocycles. The Morgan fingerprint density at radius 3 is 2.73 bits per heavy atom. The Morgan fingerprint density at radius 1 is 1.45 bits per heavy atom. The maximum Gasteiger partial charge on any atom is 0.263 e. The lowest BCUT2D eigenvalue weighted by atomic mass is 9.92. The molecule has 22 heavy (non-hydrogen) atoms. The van der Waals surface area contributed by atoms with E-state index in [4.69, 9.17) is 0 Å². The molecule has 0 bridgehead atoms. The van der Waals surface area contributed by atoms with Gasteiger partial charge in [-0.05, 0) is 40.0 Å². The van der Waals surface area contributed by atoms with E-state index in [-0.39, 0.29) is 17.7 Å². The summed E-state index contributed by atoms with van der Waals surface area (Å²) in [6, 6.07) is 0.346. The molecule has 2 aromatic heterocycles. The summed E-state index contributed by atoms with van der Waals surface area (Å²) in [5.74, 6) is 0.530. The van der Waals surface area contributed by atoms with Gasteiger partial charge >= 0.3 is 0 Å². The lowest BCUT2D eigenvalue weighted by Crippen LogP contribution is -2.43. The average Bonchev–Trinajstić information content (AvgIpc) is 2.80. The van der Waals surface area contributed by atoms with Crippen molar-refractivity contribution in [3.05, 3.63) is 16.6 Å². The van der Waals surface area contributed by atoms with Crippen molar-refractivity contribution in [3.8, 4) is 0 Å². The van der Waals surface area contributed by atoms with E-state index in [0.717, 1.165) is 12.8 Å². The van der Waals surface area contributed by atoms with Crippen LogP contribution in [-0.4, -0.2) is 44.0 Å². The monoisotopic (exact) mass is 305 g/mol. The van der Waals surface area contributed by atoms with Crippen LogP contribution in [0.25, 0.3) is 11.0 Å². The molecule has 0 amide bonds. The summed E-state index contributed by atoms with van der Waals surface area (Å²) in [6.07, 6.45) is 4.88. The average molecular weight is 305 g/mol. The molecule has 0 saturated heterocycles. The Kier molecular flexibility index (Phi) is 3.68. The van der Waals surface area contributed by atoms with Gasteiger partial charge in [0.25, 0.3) is 5.56 Å². The lowest BCUT2D eigenvalue weighted by molar-refractivity contribution is 0.282. The predicted molar refractivity (Wildman–Crippen MR) is 85.2 cm³/mol. The maximum atomic E-state index is 12.3. The molecule has 7 nitrogen and oxygen atoms in total. The van der Waals surface area contributed by atoms with Crippen molar-refractivity contribution in [1.29, 1.82) is 0 Å². The van der Waals surface area contributed by atoms with Gasteiger partial charge in [-0.3, -0.25) is 9.78 Å². The number of rotatable bonds is 4. The summed E-state index contributed by atoms with van der Waals surface area (Å²) in [7, 11) is 0.